The number of hydrogen-bond acceptors (Lipinski definition) is 4. The first kappa shape index (κ1) is 12.3. The minimum absolute atomic E-state index is 0.0854. The third kappa shape index (κ3) is 1.99. The molecule has 0 radical (unpaired) electrons. The highest BCUT2D eigenvalue weighted by Crippen LogP contribution is 2.32. The summed E-state index contributed by atoms with van der Waals surface area (Å²) < 4.78 is 5.13. The molecule has 0 bridgehead atoms. The van der Waals surface area contributed by atoms with E-state index in [9.17, 15) is 10.1 Å². The monoisotopic (exact) mass is 246 g/mol. The average Bonchev–Trinajstić information content (AvgIpc) is 2.68. The highest BCUT2D eigenvalue weighted by atomic mass is 16.6. The Morgan fingerprint density at radius 1 is 1.39 bits per heavy atom. The van der Waals surface area contributed by atoms with E-state index in [4.69, 9.17) is 4.52 Å². The molecule has 0 aliphatic heterocycles. The molecule has 0 saturated heterocycles. The number of benzene rings is 1. The number of nitro benzene ring substituents is 1. The summed E-state index contributed by atoms with van der Waals surface area (Å²) in [5.74, 6) is 0.683. The van der Waals surface area contributed by atoms with Gasteiger partial charge in [0.05, 0.1) is 10.6 Å². The van der Waals surface area contributed by atoms with Gasteiger partial charge in [0.25, 0.3) is 5.69 Å². The van der Waals surface area contributed by atoms with Gasteiger partial charge < -0.3 is 4.52 Å². The first-order chi connectivity index (χ1) is 8.54. The predicted octanol–water partition coefficient (Wildman–Crippen LogP) is 3.43. The molecule has 5 nitrogen and oxygen atoms in total. The molecular formula is C13H14N2O3. The lowest BCUT2D eigenvalue weighted by molar-refractivity contribution is -0.384. The molecule has 0 aliphatic carbocycles. The summed E-state index contributed by atoms with van der Waals surface area (Å²) in [6.45, 7) is 5.67. The van der Waals surface area contributed by atoms with Crippen LogP contribution < -0.4 is 0 Å². The van der Waals surface area contributed by atoms with Crippen LogP contribution in [0.1, 0.15) is 23.9 Å². The quantitative estimate of drug-likeness (QED) is 0.614. The van der Waals surface area contributed by atoms with E-state index < -0.39 is 0 Å². The second-order valence-electron chi connectivity index (χ2n) is 4.15. The van der Waals surface area contributed by atoms with Gasteiger partial charge in [0.1, 0.15) is 5.76 Å². The smallest absolute Gasteiger partial charge is 0.270 e. The second-order valence-corrected chi connectivity index (χ2v) is 4.15. The molecule has 5 heteroatoms. The van der Waals surface area contributed by atoms with Gasteiger partial charge in [0.15, 0.2) is 0 Å². The van der Waals surface area contributed by atoms with Crippen LogP contribution in [0.4, 0.5) is 5.69 Å². The fourth-order valence-corrected chi connectivity index (χ4v) is 2.09. The molecule has 0 unspecified atom stereocenters. The zero-order chi connectivity index (χ0) is 13.3. The Bertz CT molecular complexity index is 583. The Hall–Kier alpha value is -2.17. The van der Waals surface area contributed by atoms with Crippen LogP contribution in [-0.4, -0.2) is 10.1 Å². The molecular weight excluding hydrogens is 232 g/mol. The Balaban J connectivity index is 2.68. The molecule has 2 aromatic rings. The van der Waals surface area contributed by atoms with E-state index in [1.54, 1.807) is 12.1 Å². The predicted molar refractivity (Wildman–Crippen MR) is 67.4 cm³/mol. The van der Waals surface area contributed by atoms with Crippen LogP contribution in [0, 0.1) is 24.0 Å². The van der Waals surface area contributed by atoms with E-state index in [0.717, 1.165) is 28.8 Å². The van der Waals surface area contributed by atoms with Crippen molar-refractivity contribution in [2.45, 2.75) is 27.2 Å². The highest BCUT2D eigenvalue weighted by Gasteiger charge is 2.17. The van der Waals surface area contributed by atoms with Gasteiger partial charge in [-0.05, 0) is 31.4 Å². The van der Waals surface area contributed by atoms with Crippen LogP contribution in [0.15, 0.2) is 22.7 Å². The number of non-ortho nitro benzene ring substituents is 1. The van der Waals surface area contributed by atoms with Gasteiger partial charge >= 0.3 is 0 Å². The third-order valence-corrected chi connectivity index (χ3v) is 2.99. The van der Waals surface area contributed by atoms with Crippen LogP contribution in [-0.2, 0) is 6.42 Å². The highest BCUT2D eigenvalue weighted by molar-refractivity contribution is 5.73. The standard InChI is InChI=1S/C13H14N2O3/c1-4-10-5-6-11(15(16)17)7-12(10)13-8(2)14-18-9(13)3/h5-7H,4H2,1-3H3. The maximum absolute atomic E-state index is 10.9. The number of aromatic nitrogens is 1. The van der Waals surface area contributed by atoms with Gasteiger partial charge in [-0.25, -0.2) is 0 Å². The van der Waals surface area contributed by atoms with E-state index in [1.165, 1.54) is 6.07 Å². The topological polar surface area (TPSA) is 69.2 Å². The van der Waals surface area contributed by atoms with Crippen LogP contribution in [0.5, 0.6) is 0 Å². The molecule has 94 valence electrons. The van der Waals surface area contributed by atoms with Gasteiger partial charge in [-0.2, -0.15) is 0 Å². The van der Waals surface area contributed by atoms with Crippen molar-refractivity contribution in [2.24, 2.45) is 0 Å². The maximum atomic E-state index is 10.9. The first-order valence-corrected chi connectivity index (χ1v) is 5.75. The van der Waals surface area contributed by atoms with Crippen molar-refractivity contribution in [2.75, 3.05) is 0 Å². The number of rotatable bonds is 3. The lowest BCUT2D eigenvalue weighted by Gasteiger charge is -2.07. The summed E-state index contributed by atoms with van der Waals surface area (Å²) in [5, 5.41) is 14.8. The molecule has 0 amide bonds. The zero-order valence-corrected chi connectivity index (χ0v) is 10.6. The van der Waals surface area contributed by atoms with Crippen LogP contribution in [0.2, 0.25) is 0 Å². The van der Waals surface area contributed by atoms with Crippen molar-refractivity contribution < 1.29 is 9.45 Å². The molecule has 0 saturated carbocycles. The number of nitro groups is 1. The number of hydrogen-bond donors (Lipinski definition) is 0. The number of aryl methyl sites for hydroxylation is 3. The molecule has 1 heterocycles. The lowest BCUT2D eigenvalue weighted by Crippen LogP contribution is -1.94. The SMILES string of the molecule is CCc1ccc([N+](=O)[O-])cc1-c1c(C)noc1C. The summed E-state index contributed by atoms with van der Waals surface area (Å²) in [5.41, 5.74) is 3.58. The molecule has 0 atom stereocenters. The molecule has 1 aromatic carbocycles. The molecule has 2 rings (SSSR count). The van der Waals surface area contributed by atoms with Crippen molar-refractivity contribution >= 4 is 5.69 Å². The molecule has 0 fully saturated rings. The van der Waals surface area contributed by atoms with Crippen molar-refractivity contribution in [1.82, 2.24) is 5.16 Å². The van der Waals surface area contributed by atoms with Gasteiger partial charge in [0, 0.05) is 17.7 Å². The summed E-state index contributed by atoms with van der Waals surface area (Å²) in [4.78, 5) is 10.5. The van der Waals surface area contributed by atoms with E-state index in [-0.39, 0.29) is 10.6 Å². The summed E-state index contributed by atoms with van der Waals surface area (Å²) in [7, 11) is 0. The van der Waals surface area contributed by atoms with Crippen molar-refractivity contribution in [3.8, 4) is 11.1 Å². The minimum atomic E-state index is -0.388. The molecule has 18 heavy (non-hydrogen) atoms. The second kappa shape index (κ2) is 4.60. The maximum Gasteiger partial charge on any atom is 0.270 e. The summed E-state index contributed by atoms with van der Waals surface area (Å²) in [6, 6.07) is 4.91. The fraction of sp³-hybridized carbons (Fsp3) is 0.308. The van der Waals surface area contributed by atoms with Gasteiger partial charge in [-0.3, -0.25) is 10.1 Å². The van der Waals surface area contributed by atoms with Crippen molar-refractivity contribution in [3.63, 3.8) is 0 Å². The lowest BCUT2D eigenvalue weighted by atomic mass is 9.96. The summed E-state index contributed by atoms with van der Waals surface area (Å²) in [6.07, 6.45) is 0.803. The van der Waals surface area contributed by atoms with E-state index in [1.807, 2.05) is 20.8 Å². The normalized spacial score (nSPS) is 10.6. The van der Waals surface area contributed by atoms with Gasteiger partial charge in [-0.15, -0.1) is 0 Å². The third-order valence-electron chi connectivity index (χ3n) is 2.99. The van der Waals surface area contributed by atoms with Crippen molar-refractivity contribution in [1.29, 1.82) is 0 Å². The largest absolute Gasteiger partial charge is 0.361 e. The Kier molecular flexibility index (Phi) is 3.14. The van der Waals surface area contributed by atoms with E-state index in [2.05, 4.69) is 5.16 Å². The summed E-state index contributed by atoms with van der Waals surface area (Å²) >= 11 is 0. The molecule has 0 N–H and O–H groups in total. The Morgan fingerprint density at radius 2 is 2.11 bits per heavy atom. The van der Waals surface area contributed by atoms with E-state index >= 15 is 0 Å². The van der Waals surface area contributed by atoms with Crippen molar-refractivity contribution in [3.05, 3.63) is 45.3 Å². The van der Waals surface area contributed by atoms with Crippen LogP contribution >= 0.6 is 0 Å². The first-order valence-electron chi connectivity index (χ1n) is 5.75. The van der Waals surface area contributed by atoms with Crippen LogP contribution in [0.3, 0.4) is 0 Å². The molecule has 0 spiro atoms. The fourth-order valence-electron chi connectivity index (χ4n) is 2.09. The minimum Gasteiger partial charge on any atom is -0.361 e. The van der Waals surface area contributed by atoms with Crippen LogP contribution in [0.25, 0.3) is 11.1 Å². The van der Waals surface area contributed by atoms with Gasteiger partial charge in [0.2, 0.25) is 0 Å². The average molecular weight is 246 g/mol. The van der Waals surface area contributed by atoms with E-state index in [0.29, 0.717) is 5.76 Å². The Morgan fingerprint density at radius 3 is 2.61 bits per heavy atom. The van der Waals surface area contributed by atoms with Gasteiger partial charge in [-0.1, -0.05) is 18.1 Å². The molecule has 1 aromatic heterocycles. The molecule has 0 aliphatic rings. The Labute approximate surface area is 105 Å². The zero-order valence-electron chi connectivity index (χ0n) is 10.6. The number of nitrogens with zero attached hydrogens (tertiary/aromatic N) is 2.